The van der Waals surface area contributed by atoms with Gasteiger partial charge in [-0.1, -0.05) is 41.9 Å². The van der Waals surface area contributed by atoms with Gasteiger partial charge in [0.05, 0.1) is 26.0 Å². The first-order chi connectivity index (χ1) is 17.4. The summed E-state index contributed by atoms with van der Waals surface area (Å²) in [7, 11) is 0. The number of hydrogen-bond acceptors (Lipinski definition) is 5. The lowest BCUT2D eigenvalue weighted by molar-refractivity contribution is 0.0656. The van der Waals surface area contributed by atoms with Gasteiger partial charge in [0.2, 0.25) is 0 Å². The molecule has 0 spiro atoms. The Labute approximate surface area is 218 Å². The van der Waals surface area contributed by atoms with Gasteiger partial charge in [0.25, 0.3) is 17.7 Å². The Morgan fingerprint density at radius 2 is 1.69 bits per heavy atom. The van der Waals surface area contributed by atoms with Crippen LogP contribution in [0.5, 0.6) is 0 Å². The summed E-state index contributed by atoms with van der Waals surface area (Å²) in [6, 6.07) is 16.1. The van der Waals surface area contributed by atoms with Gasteiger partial charge in [-0.2, -0.15) is 0 Å². The summed E-state index contributed by atoms with van der Waals surface area (Å²) < 4.78 is 0.494. The smallest absolute Gasteiger partial charge is 0.265 e. The quantitative estimate of drug-likeness (QED) is 0.257. The van der Waals surface area contributed by atoms with Gasteiger partial charge in [0.1, 0.15) is 5.84 Å². The van der Waals surface area contributed by atoms with E-state index in [0.29, 0.717) is 33.6 Å². The SMILES string of the molecule is N=C(Cc1ccc(CCN2C(=O)c3cccc(NC(=O)c4ccc(Cl)s4)c3C2=O)cc1)N1CCCC1. The summed E-state index contributed by atoms with van der Waals surface area (Å²) in [5, 5.41) is 11.1. The minimum Gasteiger partial charge on any atom is -0.360 e. The van der Waals surface area contributed by atoms with Crippen LogP contribution in [0.2, 0.25) is 4.34 Å². The molecule has 36 heavy (non-hydrogen) atoms. The number of hydrogen-bond donors (Lipinski definition) is 2. The summed E-state index contributed by atoms with van der Waals surface area (Å²) in [6.07, 6.45) is 3.42. The number of rotatable bonds is 7. The highest BCUT2D eigenvalue weighted by atomic mass is 35.5. The number of anilines is 1. The molecule has 2 N–H and O–H groups in total. The fourth-order valence-corrected chi connectivity index (χ4v) is 5.56. The molecule has 5 rings (SSSR count). The monoisotopic (exact) mass is 520 g/mol. The van der Waals surface area contributed by atoms with Crippen molar-refractivity contribution in [2.45, 2.75) is 25.7 Å². The number of likely N-dealkylation sites (tertiary alicyclic amines) is 1. The van der Waals surface area contributed by atoms with Crippen LogP contribution in [-0.4, -0.2) is 53.0 Å². The van der Waals surface area contributed by atoms with Crippen LogP contribution in [0, 0.1) is 5.41 Å². The van der Waals surface area contributed by atoms with Gasteiger partial charge in [0.15, 0.2) is 0 Å². The third kappa shape index (κ3) is 4.92. The summed E-state index contributed by atoms with van der Waals surface area (Å²) >= 11 is 7.07. The number of carbonyl (C=O) groups excluding carboxylic acids is 3. The highest BCUT2D eigenvalue weighted by molar-refractivity contribution is 7.18. The van der Waals surface area contributed by atoms with Gasteiger partial charge in [-0.25, -0.2) is 0 Å². The second-order valence-corrected chi connectivity index (χ2v) is 10.6. The molecule has 2 aliphatic rings. The largest absolute Gasteiger partial charge is 0.360 e. The van der Waals surface area contributed by atoms with E-state index >= 15 is 0 Å². The van der Waals surface area contributed by atoms with Gasteiger partial charge in [0, 0.05) is 26.1 Å². The summed E-state index contributed by atoms with van der Waals surface area (Å²) in [5.41, 5.74) is 2.90. The molecule has 1 fully saturated rings. The number of amides is 3. The Bertz CT molecular complexity index is 1350. The highest BCUT2D eigenvalue weighted by Gasteiger charge is 2.37. The van der Waals surface area contributed by atoms with Crippen molar-refractivity contribution in [3.05, 3.63) is 86.1 Å². The highest BCUT2D eigenvalue weighted by Crippen LogP contribution is 2.31. The van der Waals surface area contributed by atoms with E-state index in [2.05, 4.69) is 10.2 Å². The molecule has 1 aromatic heterocycles. The first-order valence-corrected chi connectivity index (χ1v) is 13.1. The summed E-state index contributed by atoms with van der Waals surface area (Å²) in [5.74, 6) is -0.500. The van der Waals surface area contributed by atoms with Crippen LogP contribution in [0.4, 0.5) is 5.69 Å². The molecule has 0 unspecified atom stereocenters. The van der Waals surface area contributed by atoms with Crippen molar-refractivity contribution in [3.63, 3.8) is 0 Å². The van der Waals surface area contributed by atoms with Crippen molar-refractivity contribution in [2.75, 3.05) is 25.0 Å². The Morgan fingerprint density at radius 3 is 2.39 bits per heavy atom. The van der Waals surface area contributed by atoms with Crippen molar-refractivity contribution in [3.8, 4) is 0 Å². The summed E-state index contributed by atoms with van der Waals surface area (Å²) in [6.45, 7) is 2.17. The third-order valence-corrected chi connectivity index (χ3v) is 7.78. The van der Waals surface area contributed by atoms with Crippen LogP contribution in [0.15, 0.2) is 54.6 Å². The molecule has 0 atom stereocenters. The van der Waals surface area contributed by atoms with E-state index in [4.69, 9.17) is 17.0 Å². The second kappa shape index (κ2) is 10.2. The van der Waals surface area contributed by atoms with Crippen LogP contribution in [0.25, 0.3) is 0 Å². The number of amidine groups is 1. The molecule has 0 radical (unpaired) electrons. The average Bonchev–Trinajstić information content (AvgIpc) is 3.61. The molecular formula is C27H25ClN4O3S. The zero-order chi connectivity index (χ0) is 25.2. The first-order valence-electron chi connectivity index (χ1n) is 11.9. The Hall–Kier alpha value is -3.49. The number of nitrogens with one attached hydrogen (secondary N) is 2. The normalized spacial score (nSPS) is 14.9. The predicted molar refractivity (Wildman–Crippen MR) is 141 cm³/mol. The summed E-state index contributed by atoms with van der Waals surface area (Å²) in [4.78, 5) is 42.5. The van der Waals surface area contributed by atoms with Crippen LogP contribution in [0.1, 0.15) is 54.4 Å². The molecular weight excluding hydrogens is 496 g/mol. The molecule has 3 aromatic rings. The lowest BCUT2D eigenvalue weighted by Gasteiger charge is -2.18. The zero-order valence-corrected chi connectivity index (χ0v) is 21.1. The molecule has 3 amide bonds. The van der Waals surface area contributed by atoms with Crippen molar-refractivity contribution in [1.82, 2.24) is 9.80 Å². The van der Waals surface area contributed by atoms with E-state index in [1.165, 1.54) is 4.90 Å². The second-order valence-electron chi connectivity index (χ2n) is 8.93. The number of halogens is 1. The van der Waals surface area contributed by atoms with Crippen molar-refractivity contribution >= 4 is 52.2 Å². The fourth-order valence-electron chi connectivity index (χ4n) is 4.62. The van der Waals surface area contributed by atoms with E-state index < -0.39 is 5.91 Å². The van der Waals surface area contributed by atoms with Gasteiger partial charge >= 0.3 is 0 Å². The maximum absolute atomic E-state index is 13.2. The van der Waals surface area contributed by atoms with Crippen molar-refractivity contribution in [2.24, 2.45) is 0 Å². The van der Waals surface area contributed by atoms with E-state index in [1.807, 2.05) is 24.3 Å². The van der Waals surface area contributed by atoms with Crippen LogP contribution >= 0.6 is 22.9 Å². The van der Waals surface area contributed by atoms with E-state index in [0.717, 1.165) is 48.4 Å². The Kier molecular flexibility index (Phi) is 6.89. The first kappa shape index (κ1) is 24.2. The van der Waals surface area contributed by atoms with E-state index in [-0.39, 0.29) is 29.5 Å². The van der Waals surface area contributed by atoms with Crippen LogP contribution in [-0.2, 0) is 12.8 Å². The molecule has 9 heteroatoms. The number of carbonyl (C=O) groups is 3. The molecule has 2 aromatic carbocycles. The number of fused-ring (bicyclic) bond motifs is 1. The molecule has 1 saturated heterocycles. The molecule has 184 valence electrons. The predicted octanol–water partition coefficient (Wildman–Crippen LogP) is 5.11. The molecule has 3 heterocycles. The molecule has 2 aliphatic heterocycles. The maximum atomic E-state index is 13.2. The number of benzene rings is 2. The Balaban J connectivity index is 1.23. The minimum atomic E-state index is -0.411. The average molecular weight is 521 g/mol. The van der Waals surface area contributed by atoms with Crippen LogP contribution in [0.3, 0.4) is 0 Å². The van der Waals surface area contributed by atoms with E-state index in [1.54, 1.807) is 30.3 Å². The molecule has 7 nitrogen and oxygen atoms in total. The van der Waals surface area contributed by atoms with Gasteiger partial charge in [-0.15, -0.1) is 11.3 Å². The van der Waals surface area contributed by atoms with Gasteiger partial charge < -0.3 is 10.2 Å². The Morgan fingerprint density at radius 1 is 0.972 bits per heavy atom. The van der Waals surface area contributed by atoms with Crippen molar-refractivity contribution in [1.29, 1.82) is 5.41 Å². The molecule has 0 saturated carbocycles. The zero-order valence-electron chi connectivity index (χ0n) is 19.6. The number of thiophene rings is 1. The van der Waals surface area contributed by atoms with Gasteiger partial charge in [-0.05, 0) is 54.7 Å². The molecule has 0 bridgehead atoms. The van der Waals surface area contributed by atoms with Crippen LogP contribution < -0.4 is 5.32 Å². The molecule has 0 aliphatic carbocycles. The minimum absolute atomic E-state index is 0.217. The standard InChI is InChI=1S/C27H25ClN4O3S/c28-22-11-10-21(36-22)25(33)30-20-5-3-4-19-24(20)27(35)32(26(19)34)15-12-17-6-8-18(9-7-17)16-23(29)31-13-1-2-14-31/h3-11,29H,1-2,12-16H2,(H,30,33). The number of imide groups is 1. The number of nitrogens with zero attached hydrogens (tertiary/aromatic N) is 2. The van der Waals surface area contributed by atoms with Gasteiger partial charge in [-0.3, -0.25) is 24.7 Å². The topological polar surface area (TPSA) is 93.6 Å². The maximum Gasteiger partial charge on any atom is 0.265 e. The fraction of sp³-hybridized carbons (Fsp3) is 0.259. The lowest BCUT2D eigenvalue weighted by Crippen LogP contribution is -2.32. The van der Waals surface area contributed by atoms with Crippen molar-refractivity contribution < 1.29 is 14.4 Å². The third-order valence-electron chi connectivity index (χ3n) is 6.55. The lowest BCUT2D eigenvalue weighted by atomic mass is 10.1. The van der Waals surface area contributed by atoms with E-state index in [9.17, 15) is 14.4 Å².